The summed E-state index contributed by atoms with van der Waals surface area (Å²) >= 11 is 1.18. The van der Waals surface area contributed by atoms with Crippen LogP contribution in [0.15, 0.2) is 23.0 Å². The van der Waals surface area contributed by atoms with Crippen molar-refractivity contribution in [1.29, 1.82) is 0 Å². The lowest BCUT2D eigenvalue weighted by Gasteiger charge is -2.34. The van der Waals surface area contributed by atoms with Crippen molar-refractivity contribution >= 4 is 32.6 Å². The number of halogens is 4. The third-order valence-corrected chi connectivity index (χ3v) is 5.29. The third-order valence-electron chi connectivity index (χ3n) is 4.22. The van der Waals surface area contributed by atoms with Gasteiger partial charge in [0.05, 0.1) is 4.70 Å². The number of H-pyrrole nitrogens is 1. The summed E-state index contributed by atoms with van der Waals surface area (Å²) in [5.41, 5.74) is -1.09. The molecule has 4 rings (SSSR count). The average molecular weight is 399 g/mol. The summed E-state index contributed by atoms with van der Waals surface area (Å²) < 4.78 is 53.2. The van der Waals surface area contributed by atoms with Gasteiger partial charge in [0.2, 0.25) is 5.95 Å². The number of hydrogen-bond donors (Lipinski definition) is 1. The van der Waals surface area contributed by atoms with E-state index in [1.807, 2.05) is 4.90 Å². The quantitative estimate of drug-likeness (QED) is 0.686. The molecule has 0 amide bonds. The van der Waals surface area contributed by atoms with Crippen molar-refractivity contribution in [3.05, 3.63) is 45.9 Å². The number of piperazine rings is 1. The highest BCUT2D eigenvalue weighted by atomic mass is 32.1. The van der Waals surface area contributed by atoms with Crippen LogP contribution in [0.25, 0.3) is 10.2 Å². The van der Waals surface area contributed by atoms with Gasteiger partial charge in [-0.2, -0.15) is 0 Å². The van der Waals surface area contributed by atoms with E-state index in [-0.39, 0.29) is 11.5 Å². The molecule has 11 heteroatoms. The van der Waals surface area contributed by atoms with Crippen LogP contribution in [0, 0.1) is 11.6 Å². The Morgan fingerprint density at radius 3 is 2.44 bits per heavy atom. The molecule has 1 aliphatic heterocycles. The molecule has 2 aromatic heterocycles. The molecule has 1 aliphatic rings. The number of fused-ring (bicyclic) bond motifs is 1. The van der Waals surface area contributed by atoms with Crippen LogP contribution in [-0.2, 0) is 0 Å². The maximum Gasteiger partial charge on any atom is 0.280 e. The van der Waals surface area contributed by atoms with Gasteiger partial charge in [-0.05, 0) is 6.07 Å². The normalized spacial score (nSPS) is 15.1. The number of thiazole rings is 1. The number of benzene rings is 1. The summed E-state index contributed by atoms with van der Waals surface area (Å²) in [4.78, 5) is 25.7. The van der Waals surface area contributed by atoms with Gasteiger partial charge >= 0.3 is 0 Å². The zero-order valence-electron chi connectivity index (χ0n) is 13.8. The van der Waals surface area contributed by atoms with Crippen LogP contribution in [-0.4, -0.2) is 41.1 Å². The maximum absolute atomic E-state index is 13.8. The topological polar surface area (TPSA) is 65.1 Å². The lowest BCUT2D eigenvalue weighted by atomic mass is 10.3. The van der Waals surface area contributed by atoms with E-state index < -0.39 is 29.3 Å². The Balaban J connectivity index is 1.53. The first kappa shape index (κ1) is 17.7. The second kappa shape index (κ2) is 6.80. The Morgan fingerprint density at radius 2 is 1.74 bits per heavy atom. The van der Waals surface area contributed by atoms with Crippen molar-refractivity contribution in [2.75, 3.05) is 36.0 Å². The smallest absolute Gasteiger partial charge is 0.280 e. The van der Waals surface area contributed by atoms with E-state index in [1.165, 1.54) is 17.4 Å². The molecule has 142 valence electrons. The molecular weight excluding hydrogens is 386 g/mol. The van der Waals surface area contributed by atoms with E-state index in [1.54, 1.807) is 4.90 Å². The minimum absolute atomic E-state index is 0.0925. The van der Waals surface area contributed by atoms with Crippen molar-refractivity contribution in [1.82, 2.24) is 15.0 Å². The highest BCUT2D eigenvalue weighted by Gasteiger charge is 2.23. The molecule has 1 saturated heterocycles. The zero-order valence-corrected chi connectivity index (χ0v) is 14.6. The lowest BCUT2D eigenvalue weighted by Crippen LogP contribution is -2.47. The molecule has 0 aliphatic carbocycles. The van der Waals surface area contributed by atoms with Crippen LogP contribution in [0.2, 0.25) is 0 Å². The van der Waals surface area contributed by atoms with Crippen molar-refractivity contribution in [2.24, 2.45) is 0 Å². The number of hydrogen-bond acceptors (Lipinski definition) is 6. The van der Waals surface area contributed by atoms with Gasteiger partial charge in [0, 0.05) is 38.3 Å². The summed E-state index contributed by atoms with van der Waals surface area (Å²) in [7, 11) is 0. The lowest BCUT2D eigenvalue weighted by molar-refractivity contribution is 0.146. The van der Waals surface area contributed by atoms with E-state index in [9.17, 15) is 22.4 Å². The number of aromatic nitrogens is 3. The summed E-state index contributed by atoms with van der Waals surface area (Å²) in [6.07, 6.45) is -2.83. The molecule has 6 nitrogen and oxygen atoms in total. The van der Waals surface area contributed by atoms with E-state index in [4.69, 9.17) is 0 Å². The first-order valence-electron chi connectivity index (χ1n) is 8.05. The van der Waals surface area contributed by atoms with Gasteiger partial charge in [-0.15, -0.1) is 0 Å². The molecule has 3 aromatic rings. The Kier molecular flexibility index (Phi) is 4.46. The van der Waals surface area contributed by atoms with Gasteiger partial charge in [0.15, 0.2) is 10.9 Å². The first-order valence-corrected chi connectivity index (χ1v) is 8.87. The van der Waals surface area contributed by atoms with Gasteiger partial charge in [-0.3, -0.25) is 9.78 Å². The highest BCUT2D eigenvalue weighted by molar-refractivity contribution is 7.22. The van der Waals surface area contributed by atoms with Gasteiger partial charge in [0.1, 0.15) is 17.0 Å². The Bertz CT molecular complexity index is 1040. The Hall–Kier alpha value is -2.69. The van der Waals surface area contributed by atoms with Crippen molar-refractivity contribution < 1.29 is 17.6 Å². The summed E-state index contributed by atoms with van der Waals surface area (Å²) in [6.45, 7) is 1.74. The Labute approximate surface area is 154 Å². The standard InChI is InChI=1S/C16H13F4N5OS/c17-8-5-9(18)13-11(6-8)27-16(23-13)25-3-1-24(2-4-25)15-21-10(14(19)20)7-12(26)22-15/h5-7,14H,1-4H2,(H,21,22,26). The monoisotopic (exact) mass is 399 g/mol. The number of nitrogens with zero attached hydrogens (tertiary/aromatic N) is 4. The van der Waals surface area contributed by atoms with Gasteiger partial charge < -0.3 is 9.80 Å². The molecule has 1 fully saturated rings. The molecule has 1 aromatic carbocycles. The van der Waals surface area contributed by atoms with Crippen LogP contribution in [0.1, 0.15) is 12.1 Å². The number of rotatable bonds is 3. The molecule has 0 unspecified atom stereocenters. The molecule has 0 saturated carbocycles. The molecular formula is C16H13F4N5OS. The maximum atomic E-state index is 13.8. The average Bonchev–Trinajstić information content (AvgIpc) is 3.05. The third kappa shape index (κ3) is 3.46. The second-order valence-corrected chi connectivity index (χ2v) is 7.01. The summed E-state index contributed by atoms with van der Waals surface area (Å²) in [6, 6.07) is 2.81. The van der Waals surface area contributed by atoms with Gasteiger partial charge in [-0.1, -0.05) is 11.3 Å². The molecule has 0 spiro atoms. The number of anilines is 2. The molecule has 27 heavy (non-hydrogen) atoms. The van der Waals surface area contributed by atoms with Crippen molar-refractivity contribution in [3.63, 3.8) is 0 Å². The second-order valence-electron chi connectivity index (χ2n) is 6.00. The van der Waals surface area contributed by atoms with Gasteiger partial charge in [0.25, 0.3) is 12.0 Å². The fourth-order valence-electron chi connectivity index (χ4n) is 2.91. The van der Waals surface area contributed by atoms with E-state index in [0.717, 1.165) is 12.1 Å². The molecule has 0 bridgehead atoms. The van der Waals surface area contributed by atoms with Crippen molar-refractivity contribution in [2.45, 2.75) is 6.43 Å². The number of aromatic amines is 1. The van der Waals surface area contributed by atoms with Gasteiger partial charge in [-0.25, -0.2) is 27.5 Å². The largest absolute Gasteiger partial charge is 0.345 e. The zero-order chi connectivity index (χ0) is 19.1. The molecule has 0 atom stereocenters. The highest BCUT2D eigenvalue weighted by Crippen LogP contribution is 2.31. The fourth-order valence-corrected chi connectivity index (χ4v) is 3.97. The van der Waals surface area contributed by atoms with E-state index >= 15 is 0 Å². The minimum atomic E-state index is -2.83. The number of alkyl halides is 2. The summed E-state index contributed by atoms with van der Waals surface area (Å²) in [5, 5.41) is 0.553. The predicted octanol–water partition coefficient (Wildman–Crippen LogP) is 2.92. The van der Waals surface area contributed by atoms with Crippen LogP contribution in [0.5, 0.6) is 0 Å². The van der Waals surface area contributed by atoms with Crippen molar-refractivity contribution in [3.8, 4) is 0 Å². The molecule has 0 radical (unpaired) electrons. The number of nitrogens with one attached hydrogen (secondary N) is 1. The minimum Gasteiger partial charge on any atom is -0.345 e. The molecule has 1 N–H and O–H groups in total. The SMILES string of the molecule is O=c1cc(C(F)F)nc(N2CCN(c3nc4c(F)cc(F)cc4s3)CC2)[nH]1. The van der Waals surface area contributed by atoms with Crippen LogP contribution >= 0.6 is 11.3 Å². The summed E-state index contributed by atoms with van der Waals surface area (Å²) in [5.74, 6) is -1.28. The fraction of sp³-hybridized carbons (Fsp3) is 0.312. The predicted molar refractivity (Wildman–Crippen MR) is 93.8 cm³/mol. The van der Waals surface area contributed by atoms with Crippen LogP contribution in [0.4, 0.5) is 28.6 Å². The molecule has 3 heterocycles. The first-order chi connectivity index (χ1) is 12.9. The van der Waals surface area contributed by atoms with E-state index in [2.05, 4.69) is 15.0 Å². The van der Waals surface area contributed by atoms with Crippen LogP contribution < -0.4 is 15.4 Å². The van der Waals surface area contributed by atoms with E-state index in [0.29, 0.717) is 36.0 Å². The Morgan fingerprint density at radius 1 is 1.04 bits per heavy atom. The van der Waals surface area contributed by atoms with Crippen LogP contribution in [0.3, 0.4) is 0 Å².